The van der Waals surface area contributed by atoms with Crippen LogP contribution >= 0.6 is 0 Å². The molecule has 1 aromatic rings. The van der Waals surface area contributed by atoms with Gasteiger partial charge in [0.2, 0.25) is 0 Å². The van der Waals surface area contributed by atoms with E-state index in [0.29, 0.717) is 13.0 Å². The molecule has 1 heterocycles. The fourth-order valence-corrected chi connectivity index (χ4v) is 1.33. The van der Waals surface area contributed by atoms with Crippen LogP contribution in [-0.4, -0.2) is 35.1 Å². The van der Waals surface area contributed by atoms with E-state index in [4.69, 9.17) is 9.52 Å². The van der Waals surface area contributed by atoms with Crippen molar-refractivity contribution in [1.29, 1.82) is 0 Å². The zero-order valence-electron chi connectivity index (χ0n) is 9.84. The van der Waals surface area contributed by atoms with E-state index in [1.807, 2.05) is 0 Å². The molecule has 1 rings (SSSR count). The Morgan fingerprint density at radius 1 is 1.59 bits per heavy atom. The lowest BCUT2D eigenvalue weighted by Crippen LogP contribution is -2.46. The first-order valence-electron chi connectivity index (χ1n) is 5.30. The molecule has 94 valence electrons. The van der Waals surface area contributed by atoms with E-state index in [2.05, 4.69) is 5.32 Å². The van der Waals surface area contributed by atoms with Gasteiger partial charge in [0.1, 0.15) is 6.04 Å². The van der Waals surface area contributed by atoms with Crippen molar-refractivity contribution in [2.45, 2.75) is 25.9 Å². The van der Waals surface area contributed by atoms with E-state index in [1.165, 1.54) is 17.4 Å². The average molecular weight is 240 g/mol. The van der Waals surface area contributed by atoms with Gasteiger partial charge >= 0.3 is 12.0 Å². The van der Waals surface area contributed by atoms with Gasteiger partial charge in [-0.2, -0.15) is 0 Å². The highest BCUT2D eigenvalue weighted by molar-refractivity contribution is 5.82. The van der Waals surface area contributed by atoms with Gasteiger partial charge in [-0.25, -0.2) is 9.59 Å². The smallest absolute Gasteiger partial charge is 0.326 e. The standard InChI is InChI=1S/C11H16N2O4/c1-3-9(10(14)15)12-11(16)13(2)6-8-4-5-17-7-8/h4-5,7,9H,3,6H2,1-2H3,(H,12,16)(H,14,15)/t9-/m1/s1. The lowest BCUT2D eigenvalue weighted by molar-refractivity contribution is -0.139. The fourth-order valence-electron chi connectivity index (χ4n) is 1.33. The fraction of sp³-hybridized carbons (Fsp3) is 0.455. The molecular formula is C11H16N2O4. The number of urea groups is 1. The summed E-state index contributed by atoms with van der Waals surface area (Å²) in [6.07, 6.45) is 3.41. The molecule has 0 bridgehead atoms. The van der Waals surface area contributed by atoms with E-state index >= 15 is 0 Å². The van der Waals surface area contributed by atoms with Crippen LogP contribution in [0.1, 0.15) is 18.9 Å². The summed E-state index contributed by atoms with van der Waals surface area (Å²) in [4.78, 5) is 23.8. The maximum absolute atomic E-state index is 11.7. The third-order valence-corrected chi connectivity index (χ3v) is 2.35. The highest BCUT2D eigenvalue weighted by atomic mass is 16.4. The van der Waals surface area contributed by atoms with Gasteiger partial charge in [0.25, 0.3) is 0 Å². The summed E-state index contributed by atoms with van der Waals surface area (Å²) in [6, 6.07) is 0.480. The van der Waals surface area contributed by atoms with Gasteiger partial charge in [-0.15, -0.1) is 0 Å². The number of aliphatic carboxylic acids is 1. The predicted molar refractivity (Wildman–Crippen MR) is 60.4 cm³/mol. The Kier molecular flexibility index (Phi) is 4.56. The number of carbonyl (C=O) groups excluding carboxylic acids is 1. The Morgan fingerprint density at radius 3 is 2.76 bits per heavy atom. The predicted octanol–water partition coefficient (Wildman–Crippen LogP) is 1.28. The van der Waals surface area contributed by atoms with Gasteiger partial charge in [-0.05, 0) is 12.5 Å². The molecule has 0 fully saturated rings. The monoisotopic (exact) mass is 240 g/mol. The number of carboxylic acid groups (broad SMARTS) is 1. The molecule has 0 unspecified atom stereocenters. The minimum Gasteiger partial charge on any atom is -0.480 e. The molecule has 0 aliphatic rings. The lowest BCUT2D eigenvalue weighted by Gasteiger charge is -2.20. The number of hydrogen-bond donors (Lipinski definition) is 2. The van der Waals surface area contributed by atoms with Crippen LogP contribution in [0.5, 0.6) is 0 Å². The SMILES string of the molecule is CC[C@@H](NC(=O)N(C)Cc1ccoc1)C(=O)O. The molecule has 1 aromatic heterocycles. The minimum absolute atomic E-state index is 0.348. The van der Waals surface area contributed by atoms with E-state index in [9.17, 15) is 9.59 Å². The quantitative estimate of drug-likeness (QED) is 0.812. The van der Waals surface area contributed by atoms with E-state index in [0.717, 1.165) is 5.56 Å². The van der Waals surface area contributed by atoms with Gasteiger partial charge in [0.15, 0.2) is 0 Å². The van der Waals surface area contributed by atoms with Crippen LogP contribution in [0.3, 0.4) is 0 Å². The maximum Gasteiger partial charge on any atom is 0.326 e. The molecular weight excluding hydrogens is 224 g/mol. The number of amides is 2. The average Bonchev–Trinajstić information content (AvgIpc) is 2.77. The first-order chi connectivity index (χ1) is 8.04. The lowest BCUT2D eigenvalue weighted by atomic mass is 10.2. The summed E-state index contributed by atoms with van der Waals surface area (Å²) < 4.78 is 4.88. The molecule has 2 N–H and O–H groups in total. The second kappa shape index (κ2) is 5.93. The zero-order chi connectivity index (χ0) is 12.8. The van der Waals surface area contributed by atoms with Crippen molar-refractivity contribution < 1.29 is 19.1 Å². The number of carboxylic acids is 1. The molecule has 0 radical (unpaired) electrons. The molecule has 6 heteroatoms. The molecule has 6 nitrogen and oxygen atoms in total. The summed E-state index contributed by atoms with van der Waals surface area (Å²) in [5.41, 5.74) is 0.853. The minimum atomic E-state index is -1.03. The number of nitrogens with zero attached hydrogens (tertiary/aromatic N) is 1. The summed E-state index contributed by atoms with van der Waals surface area (Å²) in [5.74, 6) is -1.03. The van der Waals surface area contributed by atoms with Crippen LogP contribution in [0.25, 0.3) is 0 Å². The molecule has 0 aliphatic heterocycles. The third kappa shape index (κ3) is 3.82. The number of rotatable bonds is 5. The number of furan rings is 1. The first-order valence-corrected chi connectivity index (χ1v) is 5.30. The Hall–Kier alpha value is -1.98. The Bertz CT molecular complexity index is 375. The normalized spacial score (nSPS) is 11.9. The highest BCUT2D eigenvalue weighted by Gasteiger charge is 2.19. The summed E-state index contributed by atoms with van der Waals surface area (Å²) in [7, 11) is 1.59. The van der Waals surface area contributed by atoms with Crippen molar-refractivity contribution in [3.63, 3.8) is 0 Å². The Morgan fingerprint density at radius 2 is 2.29 bits per heavy atom. The molecule has 17 heavy (non-hydrogen) atoms. The molecule has 0 saturated carbocycles. The van der Waals surface area contributed by atoms with Crippen molar-refractivity contribution in [2.75, 3.05) is 7.05 Å². The van der Waals surface area contributed by atoms with Crippen LogP contribution in [0.4, 0.5) is 4.79 Å². The van der Waals surface area contributed by atoms with Crippen molar-refractivity contribution in [3.8, 4) is 0 Å². The van der Waals surface area contributed by atoms with Crippen LogP contribution in [0.2, 0.25) is 0 Å². The van der Waals surface area contributed by atoms with Gasteiger partial charge in [-0.1, -0.05) is 6.92 Å². The van der Waals surface area contributed by atoms with Crippen LogP contribution in [0.15, 0.2) is 23.0 Å². The van der Waals surface area contributed by atoms with Crippen LogP contribution < -0.4 is 5.32 Å². The highest BCUT2D eigenvalue weighted by Crippen LogP contribution is 2.04. The number of hydrogen-bond acceptors (Lipinski definition) is 3. The Balaban J connectivity index is 2.49. The second-order valence-electron chi connectivity index (χ2n) is 3.74. The zero-order valence-corrected chi connectivity index (χ0v) is 9.84. The maximum atomic E-state index is 11.7. The summed E-state index contributed by atoms with van der Waals surface area (Å²) in [5, 5.41) is 11.2. The number of carbonyl (C=O) groups is 2. The second-order valence-corrected chi connectivity index (χ2v) is 3.74. The van der Waals surface area contributed by atoms with Gasteiger partial charge in [0, 0.05) is 12.6 Å². The summed E-state index contributed by atoms with van der Waals surface area (Å²) >= 11 is 0. The molecule has 2 amide bonds. The molecule has 0 aliphatic carbocycles. The molecule has 1 atom stereocenters. The molecule has 0 spiro atoms. The van der Waals surface area contributed by atoms with Crippen molar-refractivity contribution in [2.24, 2.45) is 0 Å². The van der Waals surface area contributed by atoms with E-state index in [-0.39, 0.29) is 0 Å². The third-order valence-electron chi connectivity index (χ3n) is 2.35. The van der Waals surface area contributed by atoms with Crippen molar-refractivity contribution >= 4 is 12.0 Å². The number of nitrogens with one attached hydrogen (secondary N) is 1. The van der Waals surface area contributed by atoms with E-state index < -0.39 is 18.0 Å². The van der Waals surface area contributed by atoms with E-state index in [1.54, 1.807) is 20.0 Å². The molecule has 0 aromatic carbocycles. The van der Waals surface area contributed by atoms with Gasteiger partial charge < -0.3 is 19.7 Å². The Labute approximate surface area is 99.2 Å². The van der Waals surface area contributed by atoms with Crippen molar-refractivity contribution in [1.82, 2.24) is 10.2 Å². The summed E-state index contributed by atoms with van der Waals surface area (Å²) in [6.45, 7) is 2.08. The van der Waals surface area contributed by atoms with Crippen molar-refractivity contribution in [3.05, 3.63) is 24.2 Å². The van der Waals surface area contributed by atoms with Gasteiger partial charge in [-0.3, -0.25) is 0 Å². The van der Waals surface area contributed by atoms with Crippen LogP contribution in [-0.2, 0) is 11.3 Å². The first kappa shape index (κ1) is 13.1. The largest absolute Gasteiger partial charge is 0.480 e. The van der Waals surface area contributed by atoms with Gasteiger partial charge in [0.05, 0.1) is 19.1 Å². The van der Waals surface area contributed by atoms with Crippen LogP contribution in [0, 0.1) is 0 Å². The topological polar surface area (TPSA) is 82.8 Å². The molecule has 0 saturated heterocycles.